The van der Waals surface area contributed by atoms with Crippen molar-refractivity contribution < 1.29 is 4.43 Å². The van der Waals surface area contributed by atoms with Gasteiger partial charge in [0, 0.05) is 36.8 Å². The van der Waals surface area contributed by atoms with Crippen molar-refractivity contribution in [3.05, 3.63) is 0 Å². The van der Waals surface area contributed by atoms with Gasteiger partial charge in [0.2, 0.25) is 0 Å². The summed E-state index contributed by atoms with van der Waals surface area (Å²) in [6.07, 6.45) is 0. The van der Waals surface area contributed by atoms with Gasteiger partial charge in [0.1, 0.15) is 0 Å². The topological polar surface area (TPSA) is 15.7 Å². The molecule has 1 fully saturated rings. The second kappa shape index (κ2) is 6.78. The van der Waals surface area contributed by atoms with E-state index in [4.69, 9.17) is 4.43 Å². The molecule has 0 N–H and O–H groups in total. The minimum atomic E-state index is -1.69. The van der Waals surface area contributed by atoms with E-state index in [9.17, 15) is 0 Å². The molecule has 0 aromatic carbocycles. The minimum absolute atomic E-state index is 0.200. The van der Waals surface area contributed by atoms with Gasteiger partial charge in [-0.1, -0.05) is 20.8 Å². The largest absolute Gasteiger partial charge is 0.415 e. The van der Waals surface area contributed by atoms with Crippen LogP contribution in [-0.4, -0.2) is 61.5 Å². The van der Waals surface area contributed by atoms with Crippen molar-refractivity contribution in [2.75, 3.05) is 26.2 Å². The lowest BCUT2D eigenvalue weighted by atomic mass is 9.97. The zero-order valence-corrected chi connectivity index (χ0v) is 18.7. The van der Waals surface area contributed by atoms with E-state index in [0.29, 0.717) is 6.04 Å². The van der Waals surface area contributed by atoms with Crippen LogP contribution in [0.1, 0.15) is 62.3 Å². The Balaban J connectivity index is 2.87. The molecular formula is C19H42N2OSi. The van der Waals surface area contributed by atoms with Crippen molar-refractivity contribution in [1.82, 2.24) is 9.80 Å². The van der Waals surface area contributed by atoms with E-state index in [1.54, 1.807) is 0 Å². The summed E-state index contributed by atoms with van der Waals surface area (Å²) in [4.78, 5) is 5.28. The van der Waals surface area contributed by atoms with Crippen LogP contribution in [-0.2, 0) is 4.43 Å². The van der Waals surface area contributed by atoms with Crippen molar-refractivity contribution >= 4 is 8.32 Å². The molecule has 0 aromatic heterocycles. The highest BCUT2D eigenvalue weighted by atomic mass is 28.4. The van der Waals surface area contributed by atoms with E-state index in [0.717, 1.165) is 26.2 Å². The van der Waals surface area contributed by atoms with Gasteiger partial charge in [-0.05, 0) is 59.7 Å². The normalized spacial score (nSPS) is 23.3. The maximum absolute atomic E-state index is 6.59. The van der Waals surface area contributed by atoms with Crippen molar-refractivity contribution in [1.29, 1.82) is 0 Å². The third-order valence-electron chi connectivity index (χ3n) is 5.74. The fraction of sp³-hybridized carbons (Fsp3) is 1.00. The van der Waals surface area contributed by atoms with Gasteiger partial charge in [-0.3, -0.25) is 9.80 Å². The smallest absolute Gasteiger partial charge is 0.192 e. The van der Waals surface area contributed by atoms with Gasteiger partial charge in [-0.2, -0.15) is 0 Å². The van der Waals surface area contributed by atoms with Gasteiger partial charge in [0.15, 0.2) is 8.32 Å². The Morgan fingerprint density at radius 2 is 1.39 bits per heavy atom. The Morgan fingerprint density at radius 3 is 1.78 bits per heavy atom. The zero-order valence-electron chi connectivity index (χ0n) is 17.7. The molecule has 0 aromatic rings. The van der Waals surface area contributed by atoms with Crippen LogP contribution in [0.4, 0.5) is 0 Å². The average molecular weight is 343 g/mol. The van der Waals surface area contributed by atoms with Gasteiger partial charge in [-0.25, -0.2) is 0 Å². The first-order valence-corrected chi connectivity index (χ1v) is 12.1. The lowest BCUT2D eigenvalue weighted by Gasteiger charge is -2.52. The number of nitrogens with zero attached hydrogens (tertiary/aromatic N) is 2. The fourth-order valence-corrected chi connectivity index (χ4v) is 4.05. The summed E-state index contributed by atoms with van der Waals surface area (Å²) >= 11 is 0. The summed E-state index contributed by atoms with van der Waals surface area (Å²) < 4.78 is 6.59. The summed E-state index contributed by atoms with van der Waals surface area (Å²) in [5, 5.41) is 0.276. The van der Waals surface area contributed by atoms with E-state index < -0.39 is 8.32 Å². The van der Waals surface area contributed by atoms with E-state index in [1.807, 2.05) is 0 Å². The maximum atomic E-state index is 6.59. The van der Waals surface area contributed by atoms with Crippen LogP contribution in [0.5, 0.6) is 0 Å². The molecule has 1 aliphatic rings. The Bertz CT molecular complexity index is 388. The van der Waals surface area contributed by atoms with E-state index in [-0.39, 0.29) is 16.1 Å². The van der Waals surface area contributed by atoms with Gasteiger partial charge in [0.05, 0.1) is 6.61 Å². The minimum Gasteiger partial charge on any atom is -0.415 e. The quantitative estimate of drug-likeness (QED) is 0.698. The molecule has 1 rings (SSSR count). The second-order valence-corrected chi connectivity index (χ2v) is 15.5. The lowest BCUT2D eigenvalue weighted by molar-refractivity contribution is -0.0382. The number of rotatable bonds is 3. The van der Waals surface area contributed by atoms with Crippen LogP contribution in [0.2, 0.25) is 18.1 Å². The van der Waals surface area contributed by atoms with E-state index >= 15 is 0 Å². The molecule has 0 aliphatic carbocycles. The van der Waals surface area contributed by atoms with Crippen molar-refractivity contribution in [2.45, 2.75) is 97.6 Å². The van der Waals surface area contributed by atoms with Crippen LogP contribution >= 0.6 is 0 Å². The molecule has 1 aliphatic heterocycles. The molecule has 1 atom stereocenters. The molecule has 0 bridgehead atoms. The molecule has 0 spiro atoms. The van der Waals surface area contributed by atoms with Gasteiger partial charge in [-0.15, -0.1) is 0 Å². The Kier molecular flexibility index (Phi) is 6.23. The molecule has 0 radical (unpaired) electrons. The first-order valence-electron chi connectivity index (χ1n) is 9.21. The number of hydrogen-bond acceptors (Lipinski definition) is 3. The van der Waals surface area contributed by atoms with Crippen molar-refractivity contribution in [3.63, 3.8) is 0 Å². The van der Waals surface area contributed by atoms with Gasteiger partial charge in [0.25, 0.3) is 0 Å². The highest BCUT2D eigenvalue weighted by molar-refractivity contribution is 6.74. The molecule has 1 saturated heterocycles. The van der Waals surface area contributed by atoms with Crippen molar-refractivity contribution in [3.8, 4) is 0 Å². The standard InChI is InChI=1S/C19H42N2OSi/c1-17(2,3)20-12-13-21(18(4,5)6)16(14-20)15-22-23(10,11)19(7,8)9/h16H,12-15H2,1-11H3. The molecule has 3 nitrogen and oxygen atoms in total. The monoisotopic (exact) mass is 342 g/mol. The lowest BCUT2D eigenvalue weighted by Crippen LogP contribution is -2.64. The van der Waals surface area contributed by atoms with Crippen LogP contribution in [0.3, 0.4) is 0 Å². The predicted octanol–water partition coefficient (Wildman–Crippen LogP) is 4.59. The maximum Gasteiger partial charge on any atom is 0.192 e. The van der Waals surface area contributed by atoms with Crippen LogP contribution in [0.15, 0.2) is 0 Å². The summed E-state index contributed by atoms with van der Waals surface area (Å²) in [7, 11) is -1.69. The average Bonchev–Trinajstić information content (AvgIpc) is 2.32. The highest BCUT2D eigenvalue weighted by Crippen LogP contribution is 2.37. The van der Waals surface area contributed by atoms with Crippen molar-refractivity contribution in [2.24, 2.45) is 0 Å². The highest BCUT2D eigenvalue weighted by Gasteiger charge is 2.41. The van der Waals surface area contributed by atoms with Gasteiger partial charge >= 0.3 is 0 Å². The fourth-order valence-electron chi connectivity index (χ4n) is 3.01. The predicted molar refractivity (Wildman–Crippen MR) is 105 cm³/mol. The first-order chi connectivity index (χ1) is 10.1. The molecule has 23 heavy (non-hydrogen) atoms. The molecule has 1 unspecified atom stereocenters. The SMILES string of the molecule is CC(C)(C)N1CCN(C(C)(C)C)C(CO[Si](C)(C)C(C)(C)C)C1. The van der Waals surface area contributed by atoms with E-state index in [1.165, 1.54) is 0 Å². The molecular weight excluding hydrogens is 300 g/mol. The van der Waals surface area contributed by atoms with Crippen LogP contribution in [0, 0.1) is 0 Å². The third-order valence-corrected chi connectivity index (χ3v) is 10.2. The molecule has 0 amide bonds. The third kappa shape index (κ3) is 5.55. The number of hydrogen-bond donors (Lipinski definition) is 0. The molecule has 138 valence electrons. The zero-order chi connectivity index (χ0) is 18.3. The summed E-state index contributed by atoms with van der Waals surface area (Å²) in [5.74, 6) is 0. The Labute approximate surface area is 146 Å². The van der Waals surface area contributed by atoms with Gasteiger partial charge < -0.3 is 4.43 Å². The van der Waals surface area contributed by atoms with Crippen LogP contribution < -0.4 is 0 Å². The second-order valence-electron chi connectivity index (χ2n) is 10.7. The molecule has 0 saturated carbocycles. The first kappa shape index (κ1) is 21.1. The van der Waals surface area contributed by atoms with Crippen LogP contribution in [0.25, 0.3) is 0 Å². The number of piperazine rings is 1. The summed E-state index contributed by atoms with van der Waals surface area (Å²) in [6, 6.07) is 0.483. The van der Waals surface area contributed by atoms with E-state index in [2.05, 4.69) is 85.2 Å². The molecule has 4 heteroatoms. The molecule has 1 heterocycles. The summed E-state index contributed by atoms with van der Waals surface area (Å²) in [5.41, 5.74) is 0.435. The summed E-state index contributed by atoms with van der Waals surface area (Å²) in [6.45, 7) is 29.9. The Morgan fingerprint density at radius 1 is 0.870 bits per heavy atom. The Hall–Kier alpha value is 0.0969.